The highest BCUT2D eigenvalue weighted by Crippen LogP contribution is 2.11. The fourth-order valence-electron chi connectivity index (χ4n) is 6.56. The van der Waals surface area contributed by atoms with E-state index in [0.717, 1.165) is 6.92 Å². The van der Waals surface area contributed by atoms with Crippen LogP contribution in [-0.2, 0) is 59.2 Å². The third kappa shape index (κ3) is 24.2. The first-order valence-electron chi connectivity index (χ1n) is 23.1. The van der Waals surface area contributed by atoms with Crippen molar-refractivity contribution < 1.29 is 68.1 Å². The van der Waals surface area contributed by atoms with E-state index in [1.165, 1.54) is 18.7 Å². The first-order chi connectivity index (χ1) is 34.2. The van der Waals surface area contributed by atoms with Gasteiger partial charge < -0.3 is 86.5 Å². The quantitative estimate of drug-likeness (QED) is 0.0173. The minimum Gasteiger partial charge on any atom is -0.480 e. The summed E-state index contributed by atoms with van der Waals surface area (Å²) in [6, 6.07) is -5.44. The van der Waals surface area contributed by atoms with E-state index >= 15 is 0 Å². The Morgan fingerprint density at radius 3 is 1.63 bits per heavy atom. The van der Waals surface area contributed by atoms with Gasteiger partial charge in [0.15, 0.2) is 5.96 Å². The maximum atomic E-state index is 14.3. The molecule has 10 amide bonds. The molecule has 0 saturated carbocycles. The van der Waals surface area contributed by atoms with Crippen LogP contribution in [0.25, 0.3) is 0 Å². The molecule has 1 rings (SSSR count). The zero-order valence-corrected chi connectivity index (χ0v) is 42.2. The number of carboxylic acid groups (broad SMARTS) is 1. The van der Waals surface area contributed by atoms with E-state index in [9.17, 15) is 63.0 Å². The largest absolute Gasteiger partial charge is 0.480 e. The molecule has 29 heteroatoms. The van der Waals surface area contributed by atoms with Crippen LogP contribution in [0.2, 0.25) is 0 Å². The van der Waals surface area contributed by atoms with Gasteiger partial charge in [-0.05, 0) is 63.0 Å². The van der Waals surface area contributed by atoms with Crippen molar-refractivity contribution in [1.82, 2.24) is 42.5 Å². The Labute approximate surface area is 426 Å². The number of nitrogens with one attached hydrogen (secondary N) is 8. The molecular weight excluding hydrogens is 981 g/mol. The van der Waals surface area contributed by atoms with Crippen LogP contribution in [0, 0.1) is 5.92 Å². The van der Waals surface area contributed by atoms with Crippen LogP contribution < -0.4 is 71.2 Å². The van der Waals surface area contributed by atoms with Crippen molar-refractivity contribution in [3.05, 3.63) is 35.9 Å². The predicted molar refractivity (Wildman–Crippen MR) is 266 cm³/mol. The van der Waals surface area contributed by atoms with E-state index in [4.69, 9.17) is 33.8 Å². The lowest BCUT2D eigenvalue weighted by molar-refractivity contribution is -0.143. The Morgan fingerprint density at radius 1 is 0.603 bits per heavy atom. The molecule has 73 heavy (non-hydrogen) atoms. The van der Waals surface area contributed by atoms with Crippen LogP contribution in [-0.4, -0.2) is 172 Å². The molecule has 0 saturated heterocycles. The second kappa shape index (κ2) is 32.8. The Hall–Kier alpha value is -7.11. The first-order valence-corrected chi connectivity index (χ1v) is 24.5. The molecular formula is C44H72N14O14S. The monoisotopic (exact) mass is 1050 g/mol. The van der Waals surface area contributed by atoms with Gasteiger partial charge in [0.2, 0.25) is 59.1 Å². The molecule has 1 aromatic rings. The summed E-state index contributed by atoms with van der Waals surface area (Å²) in [6.45, 7) is 4.57. The van der Waals surface area contributed by atoms with Gasteiger partial charge in [0, 0.05) is 19.4 Å². The second-order valence-corrected chi connectivity index (χ2v) is 18.2. The van der Waals surface area contributed by atoms with Crippen molar-refractivity contribution in [2.24, 2.45) is 39.6 Å². The van der Waals surface area contributed by atoms with Gasteiger partial charge in [0.05, 0.1) is 25.2 Å². The molecule has 0 aliphatic rings. The normalized spacial score (nSPS) is 15.1. The minimum atomic E-state index is -1.87. The van der Waals surface area contributed by atoms with Crippen molar-refractivity contribution in [3.63, 3.8) is 0 Å². The van der Waals surface area contributed by atoms with Crippen LogP contribution >= 0.6 is 11.8 Å². The summed E-state index contributed by atoms with van der Waals surface area (Å²) in [5.74, 6) is -11.8. The number of nitrogens with zero attached hydrogens (tertiary/aromatic N) is 1. The van der Waals surface area contributed by atoms with E-state index in [2.05, 4.69) is 42.2 Å². The number of benzene rings is 1. The van der Waals surface area contributed by atoms with Crippen molar-refractivity contribution in [2.75, 3.05) is 25.2 Å². The molecule has 10 atom stereocenters. The van der Waals surface area contributed by atoms with Gasteiger partial charge >= 0.3 is 5.97 Å². The molecule has 0 spiro atoms. The summed E-state index contributed by atoms with van der Waals surface area (Å²) in [6.07, 6.45) is -1.73. The number of aliphatic imine (C=N–C) groups is 1. The van der Waals surface area contributed by atoms with Crippen LogP contribution in [0.4, 0.5) is 0 Å². The third-order valence-corrected chi connectivity index (χ3v) is 11.3. The molecule has 0 fully saturated rings. The maximum absolute atomic E-state index is 14.3. The number of aliphatic hydroxyl groups excluding tert-OH is 2. The number of guanidine groups is 1. The summed E-state index contributed by atoms with van der Waals surface area (Å²) in [7, 11) is 0. The summed E-state index contributed by atoms with van der Waals surface area (Å²) in [5.41, 5.74) is 28.2. The lowest BCUT2D eigenvalue weighted by Crippen LogP contribution is -2.62. The number of hydrogen-bond acceptors (Lipinski definition) is 16. The highest BCUT2D eigenvalue weighted by molar-refractivity contribution is 7.98. The van der Waals surface area contributed by atoms with Gasteiger partial charge in [-0.1, -0.05) is 44.2 Å². The van der Waals surface area contributed by atoms with Crippen LogP contribution in [0.3, 0.4) is 0 Å². The van der Waals surface area contributed by atoms with Gasteiger partial charge in [-0.15, -0.1) is 0 Å². The minimum absolute atomic E-state index is 0.0114. The summed E-state index contributed by atoms with van der Waals surface area (Å²) < 4.78 is 0. The van der Waals surface area contributed by atoms with E-state index in [1.807, 2.05) is 11.6 Å². The molecule has 21 N–H and O–H groups in total. The van der Waals surface area contributed by atoms with Gasteiger partial charge in [-0.3, -0.25) is 52.9 Å². The number of nitrogens with two attached hydrogens (primary N) is 5. The molecule has 28 nitrogen and oxygen atoms in total. The zero-order chi connectivity index (χ0) is 55.5. The van der Waals surface area contributed by atoms with Crippen molar-refractivity contribution >= 4 is 82.8 Å². The first kappa shape index (κ1) is 63.9. The number of aliphatic carboxylic acids is 1. The highest BCUT2D eigenvalue weighted by Gasteiger charge is 2.36. The van der Waals surface area contributed by atoms with Crippen molar-refractivity contribution in [3.8, 4) is 0 Å². The van der Waals surface area contributed by atoms with E-state index in [0.29, 0.717) is 17.7 Å². The Kier molecular flexibility index (Phi) is 28.7. The van der Waals surface area contributed by atoms with Crippen molar-refractivity contribution in [1.29, 1.82) is 0 Å². The zero-order valence-electron chi connectivity index (χ0n) is 41.4. The predicted octanol–water partition coefficient (Wildman–Crippen LogP) is -6.48. The van der Waals surface area contributed by atoms with E-state index in [1.54, 1.807) is 44.2 Å². The number of rotatable bonds is 34. The number of aliphatic hydroxyl groups is 2. The SMILES string of the molecule is CSCC[C@H](N)C(=O)N[C@H](C(=O)N[C@H](C(=O)N[C@@H](Cc1ccccc1)C(=O)N[C@@H](CCCN=C(N)N)C(=O)N[C@@H](CC(N)=O)C(=O)N[C@@H](CCC(N)=O)C(=O)N[C@@H](C)C(=O)N[C@@H](CO)C(=O)O)[C@@H](C)O)C(C)C. The second-order valence-electron chi connectivity index (χ2n) is 17.2. The number of thioether (sulfide) groups is 1. The molecule has 408 valence electrons. The van der Waals surface area contributed by atoms with Gasteiger partial charge in [0.1, 0.15) is 48.3 Å². The summed E-state index contributed by atoms with van der Waals surface area (Å²) in [5, 5.41) is 48.1. The molecule has 0 heterocycles. The standard InChI is InChI=1S/C44H72N14O14S/c1-21(2)33(57-36(64)25(45)15-17-73-5)41(69)58-34(23(4)60)42(70)55-28(18-24-10-7-6-8-11-24)39(67)52-26(12-9-16-50-44(48)49)38(66)54-29(19-32(47)62)40(68)53-27(13-14-31(46)61)37(65)51-22(3)35(63)56-30(20-59)43(71)72/h6-8,10-11,21-23,25-30,33-34,59-60H,9,12-20,45H2,1-5H3,(H2,46,61)(H2,47,62)(H,51,65)(H,52,67)(H,53,68)(H,54,66)(H,55,70)(H,56,63)(H,57,64)(H,58,69)(H,71,72)(H4,48,49,50)/t22-,23+,25-,26-,27-,28-,29-,30-,33-,34-/m0/s1. The Morgan fingerprint density at radius 2 is 1.11 bits per heavy atom. The number of primary amides is 2. The molecule has 0 radical (unpaired) electrons. The van der Waals surface area contributed by atoms with Crippen LogP contribution in [0.1, 0.15) is 71.8 Å². The highest BCUT2D eigenvalue weighted by atomic mass is 32.2. The lowest BCUT2D eigenvalue weighted by atomic mass is 10.0. The van der Waals surface area contributed by atoms with Crippen molar-refractivity contribution in [2.45, 2.75) is 133 Å². The fourth-order valence-corrected chi connectivity index (χ4v) is 7.05. The summed E-state index contributed by atoms with van der Waals surface area (Å²) >= 11 is 1.47. The van der Waals surface area contributed by atoms with E-state index in [-0.39, 0.29) is 31.8 Å². The van der Waals surface area contributed by atoms with Crippen LogP contribution in [0.5, 0.6) is 0 Å². The maximum Gasteiger partial charge on any atom is 0.328 e. The lowest BCUT2D eigenvalue weighted by Gasteiger charge is -2.29. The number of amides is 10. The Balaban J connectivity index is 3.58. The molecule has 0 aromatic heterocycles. The third-order valence-electron chi connectivity index (χ3n) is 10.7. The molecule has 0 aliphatic heterocycles. The average Bonchev–Trinajstić information content (AvgIpc) is 3.31. The molecule has 0 unspecified atom stereocenters. The smallest absolute Gasteiger partial charge is 0.328 e. The number of carbonyl (C=O) groups excluding carboxylic acids is 10. The van der Waals surface area contributed by atoms with Crippen LogP contribution in [0.15, 0.2) is 35.3 Å². The molecule has 1 aromatic carbocycles. The fraction of sp³-hybridized carbons (Fsp3) is 0.591. The molecule has 0 bridgehead atoms. The molecule has 0 aliphatic carbocycles. The van der Waals surface area contributed by atoms with Gasteiger partial charge in [-0.2, -0.15) is 11.8 Å². The topological polar surface area (TPSA) is 487 Å². The van der Waals surface area contributed by atoms with Gasteiger partial charge in [0.25, 0.3) is 0 Å². The number of hydrogen-bond donors (Lipinski definition) is 16. The summed E-state index contributed by atoms with van der Waals surface area (Å²) in [4.78, 5) is 148. The number of carboxylic acids is 1. The average molecular weight is 1050 g/mol. The number of carbonyl (C=O) groups is 11. The van der Waals surface area contributed by atoms with Gasteiger partial charge in [-0.25, -0.2) is 4.79 Å². The Bertz CT molecular complexity index is 2100. The van der Waals surface area contributed by atoms with E-state index < -0.39 is 157 Å².